The van der Waals surface area contributed by atoms with Gasteiger partial charge in [-0.2, -0.15) is 0 Å². The molecule has 2 aromatic rings. The van der Waals surface area contributed by atoms with Crippen LogP contribution in [0.3, 0.4) is 0 Å². The summed E-state index contributed by atoms with van der Waals surface area (Å²) < 4.78 is 32.0. The van der Waals surface area contributed by atoms with Crippen molar-refractivity contribution >= 4 is 0 Å². The van der Waals surface area contributed by atoms with E-state index in [9.17, 15) is 8.78 Å². The van der Waals surface area contributed by atoms with E-state index in [2.05, 4.69) is 0 Å². The summed E-state index contributed by atoms with van der Waals surface area (Å²) in [5.41, 5.74) is 0.889. The summed E-state index contributed by atoms with van der Waals surface area (Å²) in [6, 6.07) is 10.3. The van der Waals surface area contributed by atoms with Crippen molar-refractivity contribution in [2.75, 3.05) is 0 Å². The van der Waals surface area contributed by atoms with Crippen LogP contribution in [-0.2, 0) is 5.41 Å². The van der Waals surface area contributed by atoms with Gasteiger partial charge in [0.05, 0.1) is 0 Å². The summed E-state index contributed by atoms with van der Waals surface area (Å²) >= 11 is 0. The van der Waals surface area contributed by atoms with Gasteiger partial charge < -0.3 is 4.74 Å². The van der Waals surface area contributed by atoms with Gasteiger partial charge in [-0.3, -0.25) is 0 Å². The highest BCUT2D eigenvalue weighted by molar-refractivity contribution is 5.37. The minimum Gasteiger partial charge on any atom is -0.454 e. The zero-order valence-electron chi connectivity index (χ0n) is 11.2. The number of ether oxygens (including phenoxy) is 1. The fraction of sp³-hybridized carbons (Fsp3) is 0.250. The van der Waals surface area contributed by atoms with E-state index in [-0.39, 0.29) is 17.0 Å². The number of halogens is 2. The molecule has 0 unspecified atom stereocenters. The lowest BCUT2D eigenvalue weighted by Gasteiger charge is -2.20. The van der Waals surface area contributed by atoms with Gasteiger partial charge in [0.15, 0.2) is 11.6 Å². The van der Waals surface area contributed by atoms with Crippen LogP contribution in [-0.4, -0.2) is 0 Å². The van der Waals surface area contributed by atoms with Crippen molar-refractivity contribution in [3.63, 3.8) is 0 Å². The first kappa shape index (κ1) is 13.5. The lowest BCUT2D eigenvalue weighted by molar-refractivity contribution is 0.437. The zero-order chi connectivity index (χ0) is 14.0. The molecule has 0 aliphatic heterocycles. The van der Waals surface area contributed by atoms with E-state index in [0.29, 0.717) is 5.75 Å². The highest BCUT2D eigenvalue weighted by atomic mass is 19.1. The third-order valence-electron chi connectivity index (χ3n) is 2.84. The molecule has 0 aliphatic carbocycles. The number of benzene rings is 2. The second-order valence-electron chi connectivity index (χ2n) is 5.45. The fourth-order valence-electron chi connectivity index (χ4n) is 1.68. The van der Waals surface area contributed by atoms with Crippen molar-refractivity contribution in [3.05, 3.63) is 59.7 Å². The lowest BCUT2D eigenvalue weighted by atomic mass is 9.87. The van der Waals surface area contributed by atoms with E-state index in [4.69, 9.17) is 4.74 Å². The summed E-state index contributed by atoms with van der Waals surface area (Å²) in [7, 11) is 0. The normalized spacial score (nSPS) is 11.4. The molecule has 0 saturated carbocycles. The van der Waals surface area contributed by atoms with Crippen molar-refractivity contribution in [1.29, 1.82) is 0 Å². The largest absolute Gasteiger partial charge is 0.454 e. The summed E-state index contributed by atoms with van der Waals surface area (Å²) in [6.45, 7) is 6.13. The number of hydrogen-bond donors (Lipinski definition) is 0. The Morgan fingerprint density at radius 2 is 1.53 bits per heavy atom. The molecule has 0 bridgehead atoms. The smallest absolute Gasteiger partial charge is 0.165 e. The highest BCUT2D eigenvalue weighted by Crippen LogP contribution is 2.30. The fourth-order valence-corrected chi connectivity index (χ4v) is 1.68. The first-order chi connectivity index (χ1) is 8.86. The maximum Gasteiger partial charge on any atom is 0.165 e. The molecule has 3 heteroatoms. The molecule has 0 radical (unpaired) electrons. The van der Waals surface area contributed by atoms with Gasteiger partial charge in [0.25, 0.3) is 0 Å². The van der Waals surface area contributed by atoms with Crippen LogP contribution < -0.4 is 4.74 Å². The zero-order valence-corrected chi connectivity index (χ0v) is 11.2. The third kappa shape index (κ3) is 3.31. The number of hydrogen-bond acceptors (Lipinski definition) is 1. The van der Waals surface area contributed by atoms with Gasteiger partial charge in [0.1, 0.15) is 11.6 Å². The molecule has 1 nitrogen and oxygen atoms in total. The van der Waals surface area contributed by atoms with E-state index in [1.165, 1.54) is 30.3 Å². The van der Waals surface area contributed by atoms with Crippen LogP contribution >= 0.6 is 0 Å². The van der Waals surface area contributed by atoms with Crippen LogP contribution in [0.5, 0.6) is 11.5 Å². The van der Waals surface area contributed by atoms with Crippen LogP contribution in [0.15, 0.2) is 42.5 Å². The minimum atomic E-state index is -0.433. The molecule has 0 aliphatic rings. The van der Waals surface area contributed by atoms with Crippen LogP contribution in [0.2, 0.25) is 0 Å². The predicted octanol–water partition coefficient (Wildman–Crippen LogP) is 5.05. The molecule has 0 heterocycles. The van der Waals surface area contributed by atoms with Gasteiger partial charge in [-0.25, -0.2) is 8.78 Å². The molecule has 0 saturated heterocycles. The average Bonchev–Trinajstić information content (AvgIpc) is 2.33. The molecular weight excluding hydrogens is 246 g/mol. The Labute approximate surface area is 111 Å². The van der Waals surface area contributed by atoms with E-state index in [0.717, 1.165) is 5.56 Å². The van der Waals surface area contributed by atoms with Gasteiger partial charge in [-0.1, -0.05) is 26.8 Å². The van der Waals surface area contributed by atoms with Gasteiger partial charge in [0, 0.05) is 0 Å². The topological polar surface area (TPSA) is 9.23 Å². The number of rotatable bonds is 2. The Balaban J connectivity index is 2.31. The summed E-state index contributed by atoms with van der Waals surface area (Å²) in [6.07, 6.45) is 0. The standard InChI is InChI=1S/C16H16F2O/c1-16(2,3)11-4-9-14(18)15(10-11)19-13-7-5-12(17)6-8-13/h4-10H,1-3H3. The Bertz CT molecular complexity index is 568. The van der Waals surface area contributed by atoms with Gasteiger partial charge in [-0.05, 0) is 47.4 Å². The molecule has 0 fully saturated rings. The molecule has 0 amide bonds. The summed E-state index contributed by atoms with van der Waals surface area (Å²) in [4.78, 5) is 0. The second kappa shape index (κ2) is 5.00. The first-order valence-corrected chi connectivity index (χ1v) is 6.10. The predicted molar refractivity (Wildman–Crippen MR) is 71.6 cm³/mol. The maximum atomic E-state index is 13.7. The summed E-state index contributed by atoms with van der Waals surface area (Å²) in [5.74, 6) is -0.223. The maximum absolute atomic E-state index is 13.7. The van der Waals surface area contributed by atoms with Crippen molar-refractivity contribution in [1.82, 2.24) is 0 Å². The molecule has 0 N–H and O–H groups in total. The van der Waals surface area contributed by atoms with E-state index in [1.807, 2.05) is 20.8 Å². The van der Waals surface area contributed by atoms with Gasteiger partial charge in [-0.15, -0.1) is 0 Å². The van der Waals surface area contributed by atoms with Gasteiger partial charge in [0.2, 0.25) is 0 Å². The lowest BCUT2D eigenvalue weighted by Crippen LogP contribution is -2.11. The van der Waals surface area contributed by atoms with Gasteiger partial charge >= 0.3 is 0 Å². The molecular formula is C16H16F2O. The first-order valence-electron chi connectivity index (χ1n) is 6.10. The third-order valence-corrected chi connectivity index (χ3v) is 2.84. The summed E-state index contributed by atoms with van der Waals surface area (Å²) in [5, 5.41) is 0. The molecule has 100 valence electrons. The molecule has 0 atom stereocenters. The molecule has 0 aromatic heterocycles. The van der Waals surface area contributed by atoms with E-state index < -0.39 is 5.82 Å². The van der Waals surface area contributed by atoms with Crippen molar-refractivity contribution in [2.45, 2.75) is 26.2 Å². The van der Waals surface area contributed by atoms with E-state index >= 15 is 0 Å². The van der Waals surface area contributed by atoms with Crippen molar-refractivity contribution < 1.29 is 13.5 Å². The Kier molecular flexibility index (Phi) is 3.56. The molecule has 0 spiro atoms. The highest BCUT2D eigenvalue weighted by Gasteiger charge is 2.16. The van der Waals surface area contributed by atoms with Crippen LogP contribution in [0, 0.1) is 11.6 Å². The van der Waals surface area contributed by atoms with Crippen LogP contribution in [0.1, 0.15) is 26.3 Å². The van der Waals surface area contributed by atoms with Crippen LogP contribution in [0.4, 0.5) is 8.78 Å². The Morgan fingerprint density at radius 3 is 2.11 bits per heavy atom. The second-order valence-corrected chi connectivity index (χ2v) is 5.45. The average molecular weight is 262 g/mol. The molecule has 2 aromatic carbocycles. The quantitative estimate of drug-likeness (QED) is 0.735. The van der Waals surface area contributed by atoms with Crippen molar-refractivity contribution in [2.24, 2.45) is 0 Å². The van der Waals surface area contributed by atoms with Crippen LogP contribution in [0.25, 0.3) is 0 Å². The monoisotopic (exact) mass is 262 g/mol. The molecule has 19 heavy (non-hydrogen) atoms. The molecule has 2 rings (SSSR count). The Hall–Kier alpha value is -1.90. The Morgan fingerprint density at radius 1 is 0.895 bits per heavy atom. The van der Waals surface area contributed by atoms with E-state index in [1.54, 1.807) is 12.1 Å². The van der Waals surface area contributed by atoms with Crippen molar-refractivity contribution in [3.8, 4) is 11.5 Å². The SMILES string of the molecule is CC(C)(C)c1ccc(F)c(Oc2ccc(F)cc2)c1. The minimum absolute atomic E-state index is 0.0887.